The molecule has 2 heterocycles. The van der Waals surface area contributed by atoms with E-state index in [4.69, 9.17) is 30.2 Å². The van der Waals surface area contributed by atoms with E-state index in [2.05, 4.69) is 26.0 Å². The molecule has 0 N–H and O–H groups in total. The van der Waals surface area contributed by atoms with Crippen molar-refractivity contribution in [1.82, 2.24) is 4.98 Å². The van der Waals surface area contributed by atoms with Gasteiger partial charge in [0.2, 0.25) is 0 Å². The number of ether oxygens (including phenoxy) is 2. The molecule has 0 spiro atoms. The van der Waals surface area contributed by atoms with Crippen LogP contribution in [0.25, 0.3) is 23.1 Å². The summed E-state index contributed by atoms with van der Waals surface area (Å²) in [5.74, 6) is 0. The Bertz CT molecular complexity index is 1700. The first-order valence-electron chi connectivity index (χ1n) is 14.7. The molecular weight excluding hydrogens is 582 g/mol. The SMILES string of the molecule is CC(C)(OC1CCCCO1)c1ccccc1CC[C@@H](OS(C)(=O)=O)c1cccc(C=Cc2ccc3ccc(Cl)cc3n2)c1. The fraction of sp³-hybridized carbons (Fsp3) is 0.343. The van der Waals surface area contributed by atoms with Crippen molar-refractivity contribution in [3.63, 3.8) is 0 Å². The Kier molecular flexibility index (Phi) is 9.99. The van der Waals surface area contributed by atoms with E-state index in [1.54, 1.807) is 0 Å². The topological polar surface area (TPSA) is 74.7 Å². The van der Waals surface area contributed by atoms with Crippen LogP contribution in [0.5, 0.6) is 0 Å². The molecule has 2 atom stereocenters. The molecule has 1 aliphatic rings. The minimum absolute atomic E-state index is 0.225. The molecule has 0 saturated carbocycles. The quantitative estimate of drug-likeness (QED) is 0.157. The van der Waals surface area contributed by atoms with Gasteiger partial charge in [-0.3, -0.25) is 4.18 Å². The van der Waals surface area contributed by atoms with Gasteiger partial charge in [0.05, 0.1) is 23.1 Å². The molecule has 0 amide bonds. The van der Waals surface area contributed by atoms with E-state index in [1.165, 1.54) is 0 Å². The normalized spacial score (nSPS) is 17.0. The lowest BCUT2D eigenvalue weighted by molar-refractivity contribution is -0.219. The average molecular weight is 620 g/mol. The van der Waals surface area contributed by atoms with Crippen molar-refractivity contribution in [2.75, 3.05) is 12.9 Å². The van der Waals surface area contributed by atoms with Gasteiger partial charge in [-0.15, -0.1) is 0 Å². The number of hydrogen-bond donors (Lipinski definition) is 0. The molecule has 3 aromatic carbocycles. The van der Waals surface area contributed by atoms with Crippen LogP contribution >= 0.6 is 11.6 Å². The van der Waals surface area contributed by atoms with Crippen LogP contribution < -0.4 is 0 Å². The third-order valence-corrected chi connectivity index (χ3v) is 8.42. The molecule has 1 unspecified atom stereocenters. The van der Waals surface area contributed by atoms with Gasteiger partial charge in [-0.1, -0.05) is 72.3 Å². The van der Waals surface area contributed by atoms with Gasteiger partial charge in [0.25, 0.3) is 10.1 Å². The predicted octanol–water partition coefficient (Wildman–Crippen LogP) is 8.49. The fourth-order valence-corrected chi connectivity index (χ4v) is 6.33. The van der Waals surface area contributed by atoms with Gasteiger partial charge in [-0.05, 0) is 98.5 Å². The number of halogens is 1. The summed E-state index contributed by atoms with van der Waals surface area (Å²) in [6.07, 6.45) is 8.23. The molecule has 0 bridgehead atoms. The van der Waals surface area contributed by atoms with E-state index in [0.717, 1.165) is 71.0 Å². The zero-order valence-electron chi connectivity index (χ0n) is 24.8. The van der Waals surface area contributed by atoms with Crippen LogP contribution in [-0.2, 0) is 35.8 Å². The van der Waals surface area contributed by atoms with Crippen LogP contribution in [0, 0.1) is 0 Å². The maximum atomic E-state index is 12.3. The lowest BCUT2D eigenvalue weighted by atomic mass is 9.89. The van der Waals surface area contributed by atoms with Gasteiger partial charge < -0.3 is 9.47 Å². The number of benzene rings is 3. The summed E-state index contributed by atoms with van der Waals surface area (Å²) >= 11 is 6.15. The van der Waals surface area contributed by atoms with Gasteiger partial charge >= 0.3 is 0 Å². The summed E-state index contributed by atoms with van der Waals surface area (Å²) in [6, 6.07) is 25.5. The van der Waals surface area contributed by atoms with E-state index in [-0.39, 0.29) is 6.29 Å². The number of aryl methyl sites for hydroxylation is 1. The Morgan fingerprint density at radius 3 is 2.63 bits per heavy atom. The van der Waals surface area contributed by atoms with Gasteiger partial charge in [0.1, 0.15) is 6.10 Å². The summed E-state index contributed by atoms with van der Waals surface area (Å²) in [5, 5.41) is 1.66. The monoisotopic (exact) mass is 619 g/mol. The standard InChI is InChI=1S/C35H38ClNO5S/c1-35(2,41-34-13-6-7-22-40-34)31-12-5-4-10-26(31)17-21-33(42-43(3,38)39)28-11-8-9-25(23-28)14-19-30-20-16-27-15-18-29(36)24-32(27)37-30/h4-5,8-12,14-16,18-20,23-24,33-34H,6-7,13,17,21-22H2,1-3H3/t33-,34?/m1/s1. The lowest BCUT2D eigenvalue weighted by Crippen LogP contribution is -2.33. The van der Waals surface area contributed by atoms with E-state index in [0.29, 0.717) is 17.9 Å². The minimum Gasteiger partial charge on any atom is -0.353 e. The molecule has 0 radical (unpaired) electrons. The van der Waals surface area contributed by atoms with Crippen LogP contribution in [-0.4, -0.2) is 32.6 Å². The summed E-state index contributed by atoms with van der Waals surface area (Å²) in [4.78, 5) is 4.69. The highest BCUT2D eigenvalue weighted by Crippen LogP contribution is 2.34. The Morgan fingerprint density at radius 2 is 1.84 bits per heavy atom. The minimum atomic E-state index is -3.71. The molecule has 4 aromatic rings. The van der Waals surface area contributed by atoms with Crippen molar-refractivity contribution in [2.45, 2.75) is 63.9 Å². The van der Waals surface area contributed by atoms with Gasteiger partial charge in [0.15, 0.2) is 6.29 Å². The van der Waals surface area contributed by atoms with E-state index in [1.807, 2.05) is 78.9 Å². The largest absolute Gasteiger partial charge is 0.353 e. The Labute approximate surface area is 259 Å². The third kappa shape index (κ3) is 8.74. The van der Waals surface area contributed by atoms with Gasteiger partial charge in [0, 0.05) is 17.0 Å². The van der Waals surface area contributed by atoms with Crippen LogP contribution in [0.3, 0.4) is 0 Å². The maximum Gasteiger partial charge on any atom is 0.264 e. The second-order valence-electron chi connectivity index (χ2n) is 11.5. The van der Waals surface area contributed by atoms with Crippen LogP contribution in [0.1, 0.15) is 73.6 Å². The number of pyridine rings is 1. The van der Waals surface area contributed by atoms with Crippen LogP contribution in [0.15, 0.2) is 78.9 Å². The molecule has 6 nitrogen and oxygen atoms in total. The molecule has 5 rings (SSSR count). The van der Waals surface area contributed by atoms with Crippen molar-refractivity contribution < 1.29 is 22.1 Å². The zero-order valence-corrected chi connectivity index (χ0v) is 26.4. The van der Waals surface area contributed by atoms with Gasteiger partial charge in [-0.25, -0.2) is 4.98 Å². The summed E-state index contributed by atoms with van der Waals surface area (Å²) < 4.78 is 42.5. The molecule has 1 aromatic heterocycles. The Balaban J connectivity index is 1.35. The average Bonchev–Trinajstić information content (AvgIpc) is 2.98. The lowest BCUT2D eigenvalue weighted by Gasteiger charge is -2.34. The van der Waals surface area contributed by atoms with Crippen LogP contribution in [0.4, 0.5) is 0 Å². The first-order chi connectivity index (χ1) is 20.6. The first-order valence-corrected chi connectivity index (χ1v) is 16.9. The molecule has 8 heteroatoms. The van der Waals surface area contributed by atoms with E-state index in [9.17, 15) is 8.42 Å². The Hall–Kier alpha value is -3.07. The summed E-state index contributed by atoms with van der Waals surface area (Å²) in [6.45, 7) is 4.83. The third-order valence-electron chi connectivity index (χ3n) is 7.60. The number of fused-ring (bicyclic) bond motifs is 1. The zero-order chi connectivity index (χ0) is 30.5. The van der Waals surface area contributed by atoms with Crippen molar-refractivity contribution >= 4 is 44.8 Å². The molecule has 0 aliphatic carbocycles. The highest BCUT2D eigenvalue weighted by atomic mass is 35.5. The smallest absolute Gasteiger partial charge is 0.264 e. The van der Waals surface area contributed by atoms with Crippen molar-refractivity contribution in [3.05, 3.63) is 112 Å². The van der Waals surface area contributed by atoms with Crippen molar-refractivity contribution in [2.24, 2.45) is 0 Å². The maximum absolute atomic E-state index is 12.3. The number of aromatic nitrogens is 1. The molecule has 226 valence electrons. The summed E-state index contributed by atoms with van der Waals surface area (Å²) in [7, 11) is -3.71. The number of rotatable bonds is 11. The molecule has 1 fully saturated rings. The second kappa shape index (κ2) is 13.7. The van der Waals surface area contributed by atoms with Crippen molar-refractivity contribution in [3.8, 4) is 0 Å². The number of nitrogens with zero attached hydrogens (tertiary/aromatic N) is 1. The highest BCUT2D eigenvalue weighted by Gasteiger charge is 2.30. The van der Waals surface area contributed by atoms with Gasteiger partial charge in [-0.2, -0.15) is 8.42 Å². The van der Waals surface area contributed by atoms with E-state index >= 15 is 0 Å². The highest BCUT2D eigenvalue weighted by molar-refractivity contribution is 7.86. The second-order valence-corrected chi connectivity index (χ2v) is 13.5. The Morgan fingerprint density at radius 1 is 1.02 bits per heavy atom. The fourth-order valence-electron chi connectivity index (χ4n) is 5.53. The molecular formula is C35H38ClNO5S. The number of hydrogen-bond acceptors (Lipinski definition) is 6. The first kappa shape index (κ1) is 31.4. The van der Waals surface area contributed by atoms with E-state index < -0.39 is 21.8 Å². The predicted molar refractivity (Wildman–Crippen MR) is 173 cm³/mol. The van der Waals surface area contributed by atoms with Crippen molar-refractivity contribution in [1.29, 1.82) is 0 Å². The van der Waals surface area contributed by atoms with Crippen LogP contribution in [0.2, 0.25) is 5.02 Å². The summed E-state index contributed by atoms with van der Waals surface area (Å²) in [5.41, 5.74) is 4.89. The molecule has 1 aliphatic heterocycles. The molecule has 1 saturated heterocycles. The molecule has 43 heavy (non-hydrogen) atoms.